The van der Waals surface area contributed by atoms with Crippen molar-refractivity contribution >= 4 is 0 Å². The number of rotatable bonds is 5. The first-order valence-electron chi connectivity index (χ1n) is 19.4. The minimum atomic E-state index is 0.0233. The van der Waals surface area contributed by atoms with E-state index >= 15 is 0 Å². The highest BCUT2D eigenvalue weighted by molar-refractivity contribution is 5.91. The Labute approximate surface area is 316 Å². The standard InChI is InChI=1S/C50H38N4/c51-30-31-17-19-34(20-18-31)42-15-8-16-43-44-29-38(21-22-45(44)50(46(42)43)40-24-32-23-33(26-40)27-41(50)25-32)37-13-7-14-39(28-37)49-53-47(35-9-3-1-4-10-35)52-48(54-49)36-11-5-2-6-12-36/h1-22,28-29,32-33,40-41H,23-27H2. The van der Waals surface area contributed by atoms with Gasteiger partial charge in [0.15, 0.2) is 17.5 Å². The topological polar surface area (TPSA) is 62.5 Å². The maximum atomic E-state index is 9.57. The number of hydrogen-bond donors (Lipinski definition) is 0. The van der Waals surface area contributed by atoms with Gasteiger partial charge in [-0.2, -0.15) is 5.26 Å². The quantitative estimate of drug-likeness (QED) is 0.180. The van der Waals surface area contributed by atoms with Gasteiger partial charge in [0.2, 0.25) is 0 Å². The second-order valence-corrected chi connectivity index (χ2v) is 16.0. The summed E-state index contributed by atoms with van der Waals surface area (Å²) in [7, 11) is 0. The molecule has 1 aromatic heterocycles. The summed E-state index contributed by atoms with van der Waals surface area (Å²) in [6.45, 7) is 0. The van der Waals surface area contributed by atoms with Crippen molar-refractivity contribution in [1.82, 2.24) is 15.0 Å². The molecule has 4 saturated carbocycles. The summed E-state index contributed by atoms with van der Waals surface area (Å²) >= 11 is 0. The van der Waals surface area contributed by atoms with Crippen molar-refractivity contribution in [2.75, 3.05) is 0 Å². The van der Waals surface area contributed by atoms with Crippen LogP contribution in [0.1, 0.15) is 48.8 Å². The highest BCUT2D eigenvalue weighted by Crippen LogP contribution is 2.70. The molecule has 0 atom stereocenters. The van der Waals surface area contributed by atoms with Crippen LogP contribution < -0.4 is 0 Å². The molecular weight excluding hydrogens is 657 g/mol. The average molecular weight is 695 g/mol. The molecule has 0 unspecified atom stereocenters. The molecule has 5 aliphatic rings. The molecule has 7 aromatic rings. The van der Waals surface area contributed by atoms with E-state index < -0.39 is 0 Å². The lowest BCUT2D eigenvalue weighted by Crippen LogP contribution is -2.55. The van der Waals surface area contributed by atoms with Crippen molar-refractivity contribution in [3.63, 3.8) is 0 Å². The lowest BCUT2D eigenvalue weighted by Gasteiger charge is -2.61. The van der Waals surface area contributed by atoms with Gasteiger partial charge in [-0.15, -0.1) is 0 Å². The molecule has 1 spiro atoms. The fourth-order valence-electron chi connectivity index (χ4n) is 11.2. The Hall–Kier alpha value is -6.18. The summed E-state index contributed by atoms with van der Waals surface area (Å²) in [6.07, 6.45) is 6.76. The van der Waals surface area contributed by atoms with Gasteiger partial charge in [0.05, 0.1) is 11.6 Å². The first kappa shape index (κ1) is 31.4. The molecule has 4 nitrogen and oxygen atoms in total. The molecule has 0 amide bonds. The second-order valence-electron chi connectivity index (χ2n) is 16.0. The van der Waals surface area contributed by atoms with Gasteiger partial charge in [0.25, 0.3) is 0 Å². The molecule has 0 saturated heterocycles. The van der Waals surface area contributed by atoms with E-state index in [9.17, 15) is 5.26 Å². The van der Waals surface area contributed by atoms with Gasteiger partial charge >= 0.3 is 0 Å². The number of nitriles is 1. The lowest BCUT2D eigenvalue weighted by atomic mass is 9.42. The van der Waals surface area contributed by atoms with E-state index in [4.69, 9.17) is 15.0 Å². The van der Waals surface area contributed by atoms with E-state index in [1.807, 2.05) is 48.5 Å². The summed E-state index contributed by atoms with van der Waals surface area (Å²) in [5.74, 6) is 5.05. The molecule has 5 aliphatic carbocycles. The average Bonchev–Trinajstić information content (AvgIpc) is 3.53. The summed E-state index contributed by atoms with van der Waals surface area (Å²) in [4.78, 5) is 15.0. The van der Waals surface area contributed by atoms with Crippen LogP contribution >= 0.6 is 0 Å². The van der Waals surface area contributed by atoms with Crippen molar-refractivity contribution in [1.29, 1.82) is 5.26 Å². The maximum Gasteiger partial charge on any atom is 0.164 e. The predicted octanol–water partition coefficient (Wildman–Crippen LogP) is 11.8. The Balaban J connectivity index is 1.06. The van der Waals surface area contributed by atoms with Gasteiger partial charge in [-0.05, 0) is 125 Å². The van der Waals surface area contributed by atoms with Crippen LogP contribution in [0.2, 0.25) is 0 Å². The van der Waals surface area contributed by atoms with Gasteiger partial charge in [-0.3, -0.25) is 0 Å². The van der Waals surface area contributed by atoms with E-state index in [0.29, 0.717) is 34.9 Å². The van der Waals surface area contributed by atoms with E-state index in [1.165, 1.54) is 71.0 Å². The van der Waals surface area contributed by atoms with Gasteiger partial charge in [-0.1, -0.05) is 121 Å². The third-order valence-electron chi connectivity index (χ3n) is 13.1. The summed E-state index contributed by atoms with van der Waals surface area (Å²) < 4.78 is 0. The van der Waals surface area contributed by atoms with E-state index in [-0.39, 0.29) is 5.41 Å². The van der Waals surface area contributed by atoms with E-state index in [1.54, 1.807) is 0 Å². The molecule has 0 aliphatic heterocycles. The lowest BCUT2D eigenvalue weighted by molar-refractivity contribution is -0.0397. The summed E-state index contributed by atoms with van der Waals surface area (Å²) in [5, 5.41) is 9.57. The van der Waals surface area contributed by atoms with Crippen LogP contribution in [0, 0.1) is 35.0 Å². The van der Waals surface area contributed by atoms with Crippen LogP contribution in [-0.2, 0) is 5.41 Å². The number of aromatic nitrogens is 3. The number of fused-ring (bicyclic) bond motifs is 3. The second kappa shape index (κ2) is 12.2. The Morgan fingerprint density at radius 1 is 0.444 bits per heavy atom. The van der Waals surface area contributed by atoms with Gasteiger partial charge < -0.3 is 0 Å². The third kappa shape index (κ3) is 4.78. The molecule has 1 heterocycles. The summed E-state index contributed by atoms with van der Waals surface area (Å²) in [5.41, 5.74) is 14.4. The first-order valence-corrected chi connectivity index (χ1v) is 19.4. The zero-order chi connectivity index (χ0) is 35.8. The van der Waals surface area contributed by atoms with E-state index in [2.05, 4.69) is 103 Å². The SMILES string of the molecule is N#Cc1ccc(-c2cccc3c2C2(c4ccc(-c5cccc(-c6nc(-c7ccccc7)nc(-c7ccccc7)n6)c5)cc4-3)C3CC4CC(C3)CC2C4)cc1. The molecule has 12 rings (SSSR count). The van der Waals surface area contributed by atoms with Crippen molar-refractivity contribution < 1.29 is 0 Å². The maximum absolute atomic E-state index is 9.57. The monoisotopic (exact) mass is 694 g/mol. The van der Waals surface area contributed by atoms with Crippen molar-refractivity contribution in [2.24, 2.45) is 23.7 Å². The fourth-order valence-corrected chi connectivity index (χ4v) is 11.2. The minimum absolute atomic E-state index is 0.0233. The molecule has 258 valence electrons. The molecule has 54 heavy (non-hydrogen) atoms. The number of benzene rings is 6. The molecule has 4 bridgehead atoms. The van der Waals surface area contributed by atoms with E-state index in [0.717, 1.165) is 34.1 Å². The van der Waals surface area contributed by atoms with Crippen molar-refractivity contribution in [3.05, 3.63) is 162 Å². The first-order chi connectivity index (χ1) is 26.7. The minimum Gasteiger partial charge on any atom is -0.208 e. The Bertz CT molecular complexity index is 2530. The Kier molecular flexibility index (Phi) is 7.07. The molecule has 0 radical (unpaired) electrons. The van der Waals surface area contributed by atoms with Gasteiger partial charge in [0.1, 0.15) is 0 Å². The van der Waals surface area contributed by atoms with Crippen LogP contribution in [-0.4, -0.2) is 15.0 Å². The summed E-state index contributed by atoms with van der Waals surface area (Å²) in [6, 6.07) is 53.9. The van der Waals surface area contributed by atoms with Gasteiger partial charge in [-0.25, -0.2) is 15.0 Å². The third-order valence-corrected chi connectivity index (χ3v) is 13.1. The predicted molar refractivity (Wildman–Crippen MR) is 215 cm³/mol. The largest absolute Gasteiger partial charge is 0.208 e. The Morgan fingerprint density at radius 3 is 1.59 bits per heavy atom. The Morgan fingerprint density at radius 2 is 0.963 bits per heavy atom. The molecule has 4 fully saturated rings. The molecular formula is C50H38N4. The molecule has 6 aromatic carbocycles. The van der Waals surface area contributed by atoms with Crippen LogP contribution in [0.3, 0.4) is 0 Å². The van der Waals surface area contributed by atoms with Crippen LogP contribution in [0.5, 0.6) is 0 Å². The van der Waals surface area contributed by atoms with Crippen LogP contribution in [0.25, 0.3) is 67.5 Å². The fraction of sp³-hybridized carbons (Fsp3) is 0.200. The number of nitrogens with zero attached hydrogens (tertiary/aromatic N) is 4. The number of hydrogen-bond acceptors (Lipinski definition) is 4. The van der Waals surface area contributed by atoms with Crippen molar-refractivity contribution in [3.8, 4) is 73.6 Å². The molecule has 0 N–H and O–H groups in total. The zero-order valence-electron chi connectivity index (χ0n) is 30.0. The normalized spacial score (nSPS) is 22.9. The van der Waals surface area contributed by atoms with Crippen LogP contribution in [0.15, 0.2) is 146 Å². The smallest absolute Gasteiger partial charge is 0.164 e. The van der Waals surface area contributed by atoms with Crippen molar-refractivity contribution in [2.45, 2.75) is 37.5 Å². The van der Waals surface area contributed by atoms with Gasteiger partial charge in [0, 0.05) is 22.1 Å². The zero-order valence-corrected chi connectivity index (χ0v) is 30.0. The van der Waals surface area contributed by atoms with Crippen LogP contribution in [0.4, 0.5) is 0 Å². The molecule has 4 heteroatoms. The highest BCUT2D eigenvalue weighted by atomic mass is 15.0. The highest BCUT2D eigenvalue weighted by Gasteiger charge is 2.62.